The van der Waals surface area contributed by atoms with Gasteiger partial charge in [0.2, 0.25) is 0 Å². The van der Waals surface area contributed by atoms with Crippen LogP contribution in [0.2, 0.25) is 10.0 Å². The Labute approximate surface area is 228 Å². The topological polar surface area (TPSA) is 29.5 Å². The Morgan fingerprint density at radius 3 is 2.53 bits per heavy atom. The van der Waals surface area contributed by atoms with Crippen LogP contribution in [-0.4, -0.2) is 32.9 Å². The van der Waals surface area contributed by atoms with Crippen molar-refractivity contribution >= 4 is 40.9 Å². The summed E-state index contributed by atoms with van der Waals surface area (Å²) in [6, 6.07) is 11.7. The predicted octanol–water partition coefficient (Wildman–Crippen LogP) is 8.42. The number of carbonyl (C=O) groups is 1. The molecule has 4 rings (SSSR count). The Hall–Kier alpha value is -1.53. The smallest absolute Gasteiger partial charge is 0.255 e. The van der Waals surface area contributed by atoms with Gasteiger partial charge < -0.3 is 9.64 Å². The van der Waals surface area contributed by atoms with E-state index in [4.69, 9.17) is 27.9 Å². The van der Waals surface area contributed by atoms with E-state index in [1.165, 1.54) is 6.07 Å². The molecule has 194 valence electrons. The normalized spacial score (nSPS) is 25.6. The first-order valence-electron chi connectivity index (χ1n) is 12.4. The van der Waals surface area contributed by atoms with Gasteiger partial charge in [-0.3, -0.25) is 4.79 Å². The number of hydrogen-bond acceptors (Lipinski definition) is 3. The van der Waals surface area contributed by atoms with Gasteiger partial charge in [-0.1, -0.05) is 68.2 Å². The maximum absolute atomic E-state index is 14.8. The molecular formula is C29H34Cl2FNO2S. The second-order valence-electron chi connectivity index (χ2n) is 11.0. The van der Waals surface area contributed by atoms with Crippen molar-refractivity contribution in [3.8, 4) is 0 Å². The largest absolute Gasteiger partial charge is 0.355 e. The second-order valence-corrected chi connectivity index (χ2v) is 13.7. The lowest BCUT2D eigenvalue weighted by molar-refractivity contribution is -0.202. The molecule has 0 aromatic heterocycles. The Balaban J connectivity index is 1.90. The molecule has 1 saturated carbocycles. The van der Waals surface area contributed by atoms with Gasteiger partial charge in [-0.25, -0.2) is 4.39 Å². The van der Waals surface area contributed by atoms with Gasteiger partial charge >= 0.3 is 0 Å². The number of nitrogens with zero attached hydrogens (tertiary/aromatic N) is 1. The molecule has 36 heavy (non-hydrogen) atoms. The molecule has 2 aliphatic rings. The van der Waals surface area contributed by atoms with E-state index in [0.29, 0.717) is 22.9 Å². The summed E-state index contributed by atoms with van der Waals surface area (Å²) in [5, 5.41) is 0.624. The lowest BCUT2D eigenvalue weighted by Crippen LogP contribution is -2.61. The number of thioether (sulfide) groups is 1. The van der Waals surface area contributed by atoms with Gasteiger partial charge in [-0.05, 0) is 61.1 Å². The van der Waals surface area contributed by atoms with Gasteiger partial charge in [0, 0.05) is 28.0 Å². The highest BCUT2D eigenvalue weighted by molar-refractivity contribution is 8.00. The van der Waals surface area contributed by atoms with E-state index >= 15 is 0 Å². The van der Waals surface area contributed by atoms with Gasteiger partial charge in [-0.15, -0.1) is 6.58 Å². The zero-order chi connectivity index (χ0) is 26.3. The standard InChI is InChI=1S/C29H34Cl2FNO2S/c1-6-14-29(5)27(34)33(24(18-10-11-18)17-36-28(2,3)4)25(19-12-13-22(31)23(32)16-19)26(35-29)20-8-7-9-21(30)15-20/h6-9,12-13,15-16,18,24-26H,1,10-11,14,17H2,2-5H3/t24-,25-,26-,29+/m1/s1. The zero-order valence-electron chi connectivity index (χ0n) is 21.3. The molecule has 1 saturated heterocycles. The number of carbonyl (C=O) groups excluding carboxylic acids is 1. The van der Waals surface area contributed by atoms with Crippen LogP contribution in [0.25, 0.3) is 0 Å². The highest BCUT2D eigenvalue weighted by atomic mass is 35.5. The van der Waals surface area contributed by atoms with Crippen LogP contribution in [-0.2, 0) is 9.53 Å². The molecule has 7 heteroatoms. The zero-order valence-corrected chi connectivity index (χ0v) is 23.6. The summed E-state index contributed by atoms with van der Waals surface area (Å²) < 4.78 is 21.5. The van der Waals surface area contributed by atoms with Crippen molar-refractivity contribution in [2.24, 2.45) is 5.92 Å². The van der Waals surface area contributed by atoms with E-state index in [1.54, 1.807) is 18.2 Å². The second kappa shape index (κ2) is 10.7. The van der Waals surface area contributed by atoms with E-state index in [-0.39, 0.29) is 21.7 Å². The first-order chi connectivity index (χ1) is 16.9. The highest BCUT2D eigenvalue weighted by Crippen LogP contribution is 2.51. The van der Waals surface area contributed by atoms with Crippen molar-refractivity contribution in [1.82, 2.24) is 4.90 Å². The fraction of sp³-hybridized carbons (Fsp3) is 0.483. The minimum atomic E-state index is -1.10. The molecule has 0 bridgehead atoms. The molecule has 1 aliphatic heterocycles. The van der Waals surface area contributed by atoms with E-state index in [1.807, 2.05) is 47.9 Å². The van der Waals surface area contributed by atoms with Gasteiger partial charge in [0.25, 0.3) is 5.91 Å². The molecule has 2 fully saturated rings. The molecule has 1 aliphatic carbocycles. The maximum Gasteiger partial charge on any atom is 0.255 e. The number of halogens is 3. The summed E-state index contributed by atoms with van der Waals surface area (Å²) in [5.41, 5.74) is 0.395. The Bertz CT molecular complexity index is 1130. The molecule has 1 amide bonds. The van der Waals surface area contributed by atoms with E-state index < -0.39 is 23.6 Å². The van der Waals surface area contributed by atoms with Crippen LogP contribution in [0.4, 0.5) is 4.39 Å². The van der Waals surface area contributed by atoms with Crippen LogP contribution in [0.15, 0.2) is 55.1 Å². The van der Waals surface area contributed by atoms with Crippen molar-refractivity contribution in [2.75, 3.05) is 5.75 Å². The third kappa shape index (κ3) is 5.96. The molecule has 4 atom stereocenters. The fourth-order valence-electron chi connectivity index (χ4n) is 4.93. The van der Waals surface area contributed by atoms with Crippen molar-refractivity contribution in [2.45, 2.75) is 75.5 Å². The lowest BCUT2D eigenvalue weighted by Gasteiger charge is -2.52. The first-order valence-corrected chi connectivity index (χ1v) is 14.1. The SMILES string of the molecule is C=CC[C@]1(C)O[C@H](c2cccc(Cl)c2)[C@@H](c2ccc(Cl)c(F)c2)N([C@H](CSC(C)(C)C)C2CC2)C1=O. The molecular weight excluding hydrogens is 516 g/mol. The summed E-state index contributed by atoms with van der Waals surface area (Å²) in [5.74, 6) is 0.582. The van der Waals surface area contributed by atoms with Crippen molar-refractivity contribution in [3.05, 3.63) is 82.1 Å². The van der Waals surface area contributed by atoms with Crippen molar-refractivity contribution in [3.63, 3.8) is 0 Å². The minimum absolute atomic E-state index is 0.0137. The van der Waals surface area contributed by atoms with E-state index in [2.05, 4.69) is 27.4 Å². The van der Waals surface area contributed by atoms with Gasteiger partial charge in [0.15, 0.2) is 0 Å². The summed E-state index contributed by atoms with van der Waals surface area (Å²) in [6.45, 7) is 12.3. The average Bonchev–Trinajstić information content (AvgIpc) is 3.63. The fourth-order valence-corrected chi connectivity index (χ4v) is 6.35. The Morgan fingerprint density at radius 1 is 1.22 bits per heavy atom. The van der Waals surface area contributed by atoms with Gasteiger partial charge in [0.05, 0.1) is 11.1 Å². The minimum Gasteiger partial charge on any atom is -0.355 e. The molecule has 0 N–H and O–H groups in total. The van der Waals surface area contributed by atoms with E-state index in [9.17, 15) is 9.18 Å². The molecule has 2 aromatic rings. The maximum atomic E-state index is 14.8. The number of benzene rings is 2. The Morgan fingerprint density at radius 2 is 1.94 bits per heavy atom. The van der Waals surface area contributed by atoms with Crippen molar-refractivity contribution in [1.29, 1.82) is 0 Å². The monoisotopic (exact) mass is 549 g/mol. The lowest BCUT2D eigenvalue weighted by atomic mass is 9.85. The van der Waals surface area contributed by atoms with Gasteiger partial charge in [0.1, 0.15) is 17.5 Å². The Kier molecular flexibility index (Phi) is 8.16. The summed E-state index contributed by atoms with van der Waals surface area (Å²) in [6.07, 6.45) is 3.69. The van der Waals surface area contributed by atoms with Crippen LogP contribution in [0.1, 0.15) is 70.2 Å². The highest BCUT2D eigenvalue weighted by Gasteiger charge is 2.54. The molecule has 0 radical (unpaired) electrons. The number of amides is 1. The number of morpholine rings is 1. The summed E-state index contributed by atoms with van der Waals surface area (Å²) >= 11 is 14.3. The molecule has 1 heterocycles. The quantitative estimate of drug-likeness (QED) is 0.309. The number of hydrogen-bond donors (Lipinski definition) is 0. The third-order valence-corrected chi connectivity index (χ3v) is 8.78. The summed E-state index contributed by atoms with van der Waals surface area (Å²) in [7, 11) is 0. The van der Waals surface area contributed by atoms with Crippen molar-refractivity contribution < 1.29 is 13.9 Å². The van der Waals surface area contributed by atoms with Crippen LogP contribution in [0, 0.1) is 11.7 Å². The third-order valence-electron chi connectivity index (χ3n) is 6.87. The summed E-state index contributed by atoms with van der Waals surface area (Å²) in [4.78, 5) is 16.3. The number of ether oxygens (including phenoxy) is 1. The molecule has 0 unspecified atom stereocenters. The van der Waals surface area contributed by atoms with Crippen LogP contribution in [0.5, 0.6) is 0 Å². The first kappa shape index (κ1) is 27.5. The number of rotatable bonds is 8. The van der Waals surface area contributed by atoms with Crippen LogP contribution < -0.4 is 0 Å². The molecule has 0 spiro atoms. The van der Waals surface area contributed by atoms with Crippen LogP contribution >= 0.6 is 35.0 Å². The average molecular weight is 551 g/mol. The van der Waals surface area contributed by atoms with Crippen LogP contribution in [0.3, 0.4) is 0 Å². The molecule has 3 nitrogen and oxygen atoms in total. The molecule has 2 aromatic carbocycles. The van der Waals surface area contributed by atoms with E-state index in [0.717, 1.165) is 24.2 Å². The predicted molar refractivity (Wildman–Crippen MR) is 148 cm³/mol. The van der Waals surface area contributed by atoms with Gasteiger partial charge in [-0.2, -0.15) is 11.8 Å².